The Kier molecular flexibility index (Phi) is 4.20. The molecule has 122 valence electrons. The predicted octanol–water partition coefficient (Wildman–Crippen LogP) is 2.04. The fraction of sp³-hybridized carbons (Fsp3) is 0.500. The Bertz CT molecular complexity index is 668. The van der Waals surface area contributed by atoms with E-state index in [-0.39, 0.29) is 24.1 Å². The molecule has 3 rings (SSSR count). The number of imide groups is 1. The van der Waals surface area contributed by atoms with Gasteiger partial charge in [0.1, 0.15) is 6.04 Å². The van der Waals surface area contributed by atoms with Gasteiger partial charge < -0.3 is 4.90 Å². The van der Waals surface area contributed by atoms with Gasteiger partial charge in [0, 0.05) is 18.5 Å². The number of piperidine rings is 1. The maximum Gasteiger partial charge on any atom is 0.255 e. The van der Waals surface area contributed by atoms with Crippen molar-refractivity contribution in [2.75, 3.05) is 0 Å². The van der Waals surface area contributed by atoms with Gasteiger partial charge in [-0.25, -0.2) is 0 Å². The summed E-state index contributed by atoms with van der Waals surface area (Å²) < 4.78 is 0. The van der Waals surface area contributed by atoms with Crippen molar-refractivity contribution in [2.45, 2.75) is 52.1 Å². The van der Waals surface area contributed by atoms with Crippen LogP contribution in [0.2, 0.25) is 0 Å². The van der Waals surface area contributed by atoms with Gasteiger partial charge in [0.15, 0.2) is 0 Å². The van der Waals surface area contributed by atoms with Crippen molar-refractivity contribution < 1.29 is 14.4 Å². The number of carbonyl (C=O) groups excluding carboxylic acids is 3. The zero-order valence-electron chi connectivity index (χ0n) is 13.6. The Labute approximate surface area is 136 Å². The predicted molar refractivity (Wildman–Crippen MR) is 85.6 cm³/mol. The largest absolute Gasteiger partial charge is 0.322 e. The first-order chi connectivity index (χ1) is 11.0. The Hall–Kier alpha value is -2.17. The Morgan fingerprint density at radius 1 is 1.30 bits per heavy atom. The number of fused-ring (bicyclic) bond motifs is 1. The summed E-state index contributed by atoms with van der Waals surface area (Å²) in [5.41, 5.74) is 2.94. The minimum atomic E-state index is -0.538. The summed E-state index contributed by atoms with van der Waals surface area (Å²) in [5, 5.41) is 2.34. The molecule has 0 aliphatic carbocycles. The molecule has 5 nitrogen and oxygen atoms in total. The van der Waals surface area contributed by atoms with Crippen LogP contribution in [0.15, 0.2) is 18.2 Å². The summed E-state index contributed by atoms with van der Waals surface area (Å²) in [6.07, 6.45) is 2.73. The van der Waals surface area contributed by atoms with E-state index < -0.39 is 6.04 Å². The van der Waals surface area contributed by atoms with E-state index in [2.05, 4.69) is 25.2 Å². The molecule has 23 heavy (non-hydrogen) atoms. The van der Waals surface area contributed by atoms with Crippen LogP contribution in [0.25, 0.3) is 0 Å². The van der Waals surface area contributed by atoms with Crippen molar-refractivity contribution in [3.8, 4) is 0 Å². The lowest BCUT2D eigenvalue weighted by Gasteiger charge is -2.29. The molecule has 2 aliphatic heterocycles. The quantitative estimate of drug-likeness (QED) is 0.865. The summed E-state index contributed by atoms with van der Waals surface area (Å²) in [6, 6.07) is 5.29. The molecule has 3 amide bonds. The topological polar surface area (TPSA) is 66.5 Å². The van der Waals surface area contributed by atoms with E-state index in [1.807, 2.05) is 12.1 Å². The molecule has 2 heterocycles. The summed E-state index contributed by atoms with van der Waals surface area (Å²) in [5.74, 6) is -0.152. The van der Waals surface area contributed by atoms with Gasteiger partial charge in [0.25, 0.3) is 5.91 Å². The maximum absolute atomic E-state index is 12.7. The molecule has 0 aromatic heterocycles. The van der Waals surface area contributed by atoms with Gasteiger partial charge in [-0.1, -0.05) is 32.4 Å². The lowest BCUT2D eigenvalue weighted by molar-refractivity contribution is -0.136. The number of nitrogens with zero attached hydrogens (tertiary/aromatic N) is 1. The van der Waals surface area contributed by atoms with E-state index in [9.17, 15) is 14.4 Å². The molecule has 0 bridgehead atoms. The SMILES string of the molecule is CCC(C)Cc1cccc2c1CN(C1CCC(=O)NC1=O)C2=O. The lowest BCUT2D eigenvalue weighted by atomic mass is 9.93. The third-order valence-electron chi connectivity index (χ3n) is 4.94. The second-order valence-corrected chi connectivity index (χ2v) is 6.56. The molecule has 1 N–H and O–H groups in total. The highest BCUT2D eigenvalue weighted by Crippen LogP contribution is 2.31. The zero-order valence-corrected chi connectivity index (χ0v) is 13.6. The minimum absolute atomic E-state index is 0.0968. The van der Waals surface area contributed by atoms with E-state index >= 15 is 0 Å². The van der Waals surface area contributed by atoms with E-state index in [0.717, 1.165) is 18.4 Å². The van der Waals surface area contributed by atoms with Crippen molar-refractivity contribution in [3.63, 3.8) is 0 Å². The lowest BCUT2D eigenvalue weighted by Crippen LogP contribution is -2.52. The second kappa shape index (κ2) is 6.14. The van der Waals surface area contributed by atoms with Crippen molar-refractivity contribution in [1.29, 1.82) is 0 Å². The van der Waals surface area contributed by atoms with Crippen LogP contribution in [0.5, 0.6) is 0 Å². The first-order valence-corrected chi connectivity index (χ1v) is 8.26. The molecule has 2 aliphatic rings. The molecule has 0 radical (unpaired) electrons. The minimum Gasteiger partial charge on any atom is -0.322 e. The van der Waals surface area contributed by atoms with Gasteiger partial charge in [-0.05, 0) is 36.0 Å². The molecule has 1 saturated heterocycles. The van der Waals surface area contributed by atoms with Crippen molar-refractivity contribution >= 4 is 17.7 Å². The van der Waals surface area contributed by atoms with Crippen LogP contribution in [0.1, 0.15) is 54.6 Å². The molecule has 5 heteroatoms. The van der Waals surface area contributed by atoms with Crippen LogP contribution < -0.4 is 5.32 Å². The monoisotopic (exact) mass is 314 g/mol. The number of amides is 3. The molecule has 0 saturated carbocycles. The average Bonchev–Trinajstić information content (AvgIpc) is 2.86. The molecule has 2 atom stereocenters. The highest BCUT2D eigenvalue weighted by Gasteiger charge is 2.39. The van der Waals surface area contributed by atoms with E-state index in [4.69, 9.17) is 0 Å². The van der Waals surface area contributed by atoms with Gasteiger partial charge >= 0.3 is 0 Å². The highest BCUT2D eigenvalue weighted by molar-refractivity contribution is 6.05. The van der Waals surface area contributed by atoms with Crippen LogP contribution >= 0.6 is 0 Å². The fourth-order valence-corrected chi connectivity index (χ4v) is 3.36. The van der Waals surface area contributed by atoms with Gasteiger partial charge in [-0.15, -0.1) is 0 Å². The van der Waals surface area contributed by atoms with Crippen LogP contribution in [0, 0.1) is 5.92 Å². The second-order valence-electron chi connectivity index (χ2n) is 6.56. The summed E-state index contributed by atoms with van der Waals surface area (Å²) in [6.45, 7) is 4.83. The maximum atomic E-state index is 12.7. The molecular formula is C18H22N2O3. The van der Waals surface area contributed by atoms with Crippen LogP contribution in [0.3, 0.4) is 0 Å². The smallest absolute Gasteiger partial charge is 0.255 e. The first kappa shape index (κ1) is 15.7. The van der Waals surface area contributed by atoms with Crippen LogP contribution in [-0.4, -0.2) is 28.7 Å². The third kappa shape index (κ3) is 2.87. The van der Waals surface area contributed by atoms with Gasteiger partial charge in [0.2, 0.25) is 11.8 Å². The third-order valence-corrected chi connectivity index (χ3v) is 4.94. The number of benzene rings is 1. The molecular weight excluding hydrogens is 292 g/mol. The molecule has 1 aromatic carbocycles. The highest BCUT2D eigenvalue weighted by atomic mass is 16.2. The normalized spacial score (nSPS) is 22.1. The van der Waals surface area contributed by atoms with Crippen LogP contribution in [0.4, 0.5) is 0 Å². The number of carbonyl (C=O) groups is 3. The summed E-state index contributed by atoms with van der Waals surface area (Å²) in [4.78, 5) is 37.7. The molecule has 0 spiro atoms. The molecule has 1 fully saturated rings. The Morgan fingerprint density at radius 3 is 2.78 bits per heavy atom. The first-order valence-electron chi connectivity index (χ1n) is 8.26. The van der Waals surface area contributed by atoms with E-state index in [1.54, 1.807) is 4.90 Å². The fourth-order valence-electron chi connectivity index (χ4n) is 3.36. The zero-order chi connectivity index (χ0) is 16.6. The Morgan fingerprint density at radius 2 is 2.09 bits per heavy atom. The van der Waals surface area contributed by atoms with Gasteiger partial charge in [-0.3, -0.25) is 19.7 Å². The summed E-state index contributed by atoms with van der Waals surface area (Å²) >= 11 is 0. The number of hydrogen-bond acceptors (Lipinski definition) is 3. The van der Waals surface area contributed by atoms with Crippen LogP contribution in [-0.2, 0) is 22.6 Å². The average molecular weight is 314 g/mol. The summed E-state index contributed by atoms with van der Waals surface area (Å²) in [7, 11) is 0. The number of hydrogen-bond donors (Lipinski definition) is 1. The standard InChI is InChI=1S/C18H22N2O3/c1-3-11(2)9-12-5-4-6-13-14(12)10-20(18(13)23)15-7-8-16(21)19-17(15)22/h4-6,11,15H,3,7-10H2,1-2H3,(H,19,21,22). The van der Waals surface area contributed by atoms with Gasteiger partial charge in [0.05, 0.1) is 0 Å². The van der Waals surface area contributed by atoms with Crippen molar-refractivity contribution in [3.05, 3.63) is 34.9 Å². The number of nitrogens with one attached hydrogen (secondary N) is 1. The van der Waals surface area contributed by atoms with Crippen molar-refractivity contribution in [2.24, 2.45) is 5.92 Å². The van der Waals surface area contributed by atoms with E-state index in [0.29, 0.717) is 24.4 Å². The Balaban J connectivity index is 1.85. The number of rotatable bonds is 4. The molecule has 2 unspecified atom stereocenters. The molecule has 1 aromatic rings. The van der Waals surface area contributed by atoms with Gasteiger partial charge in [-0.2, -0.15) is 0 Å². The van der Waals surface area contributed by atoms with Crippen molar-refractivity contribution in [1.82, 2.24) is 10.2 Å². The van der Waals surface area contributed by atoms with E-state index in [1.165, 1.54) is 5.56 Å².